The fraction of sp³-hybridized carbons (Fsp3) is 0.619. The van der Waals surface area contributed by atoms with Crippen LogP contribution >= 0.6 is 24.0 Å². The highest BCUT2D eigenvalue weighted by Crippen LogP contribution is 2.19. The van der Waals surface area contributed by atoms with Gasteiger partial charge in [-0.1, -0.05) is 18.2 Å². The molecule has 1 atom stereocenters. The van der Waals surface area contributed by atoms with E-state index in [1.165, 1.54) is 0 Å². The second-order valence-corrected chi connectivity index (χ2v) is 7.66. The number of hydrogen-bond donors (Lipinski definition) is 1. The van der Waals surface area contributed by atoms with E-state index in [1.54, 1.807) is 19.0 Å². The summed E-state index contributed by atoms with van der Waals surface area (Å²) in [6.07, 6.45) is 3.16. The minimum absolute atomic E-state index is 0. The number of benzene rings is 1. The van der Waals surface area contributed by atoms with Crippen LogP contribution in [0.2, 0.25) is 0 Å². The minimum Gasteiger partial charge on any atom is -0.490 e. The first-order valence-electron chi connectivity index (χ1n) is 10.1. The predicted molar refractivity (Wildman–Crippen MR) is 125 cm³/mol. The van der Waals surface area contributed by atoms with Gasteiger partial charge in [0.1, 0.15) is 18.4 Å². The highest BCUT2D eigenvalue weighted by molar-refractivity contribution is 14.0. The van der Waals surface area contributed by atoms with Gasteiger partial charge in [0.05, 0.1) is 6.61 Å². The largest absolute Gasteiger partial charge is 0.490 e. The van der Waals surface area contributed by atoms with Crippen molar-refractivity contribution in [3.63, 3.8) is 0 Å². The van der Waals surface area contributed by atoms with Gasteiger partial charge in [-0.3, -0.25) is 4.79 Å². The highest BCUT2D eigenvalue weighted by atomic mass is 127. The van der Waals surface area contributed by atoms with Crippen molar-refractivity contribution in [2.45, 2.75) is 25.4 Å². The summed E-state index contributed by atoms with van der Waals surface area (Å²) in [6, 6.07) is 9.98. The number of piperidine rings is 1. The van der Waals surface area contributed by atoms with Crippen molar-refractivity contribution < 1.29 is 14.3 Å². The van der Waals surface area contributed by atoms with Crippen molar-refractivity contribution in [3.05, 3.63) is 30.3 Å². The molecule has 8 heteroatoms. The summed E-state index contributed by atoms with van der Waals surface area (Å²) in [5.41, 5.74) is 0. The zero-order valence-electron chi connectivity index (χ0n) is 17.4. The van der Waals surface area contributed by atoms with E-state index in [-0.39, 0.29) is 42.5 Å². The molecule has 7 nitrogen and oxygen atoms in total. The van der Waals surface area contributed by atoms with E-state index in [0.717, 1.165) is 63.8 Å². The molecule has 1 N–H and O–H groups in total. The second kappa shape index (κ2) is 12.2. The molecule has 29 heavy (non-hydrogen) atoms. The van der Waals surface area contributed by atoms with Crippen molar-refractivity contribution in [1.82, 2.24) is 15.1 Å². The Labute approximate surface area is 190 Å². The van der Waals surface area contributed by atoms with Crippen LogP contribution in [-0.4, -0.2) is 81.3 Å². The van der Waals surface area contributed by atoms with Crippen molar-refractivity contribution in [2.75, 3.05) is 53.5 Å². The lowest BCUT2D eigenvalue weighted by Gasteiger charge is -2.34. The molecule has 2 aliphatic rings. The normalized spacial score (nSPS) is 20.1. The Balaban J connectivity index is 0.00000300. The highest BCUT2D eigenvalue weighted by Gasteiger charge is 2.24. The second-order valence-electron chi connectivity index (χ2n) is 7.66. The van der Waals surface area contributed by atoms with Crippen molar-refractivity contribution in [3.8, 4) is 5.75 Å². The van der Waals surface area contributed by atoms with E-state index in [4.69, 9.17) is 9.47 Å². The molecule has 3 rings (SSSR count). The molecule has 2 fully saturated rings. The molecule has 0 aromatic heterocycles. The van der Waals surface area contributed by atoms with E-state index >= 15 is 0 Å². The van der Waals surface area contributed by atoms with Crippen LogP contribution in [0.1, 0.15) is 19.3 Å². The number of amides is 1. The van der Waals surface area contributed by atoms with Crippen LogP contribution in [0, 0.1) is 5.92 Å². The first kappa shape index (κ1) is 23.7. The zero-order valence-corrected chi connectivity index (χ0v) is 19.7. The topological polar surface area (TPSA) is 66.4 Å². The molecular weight excluding hydrogens is 483 g/mol. The van der Waals surface area contributed by atoms with Crippen LogP contribution in [0.3, 0.4) is 0 Å². The minimum atomic E-state index is 0. The van der Waals surface area contributed by atoms with E-state index in [2.05, 4.69) is 15.2 Å². The number of halogens is 1. The van der Waals surface area contributed by atoms with Gasteiger partial charge in [-0.15, -0.1) is 24.0 Å². The molecule has 2 saturated heterocycles. The first-order valence-corrected chi connectivity index (χ1v) is 10.1. The van der Waals surface area contributed by atoms with Crippen LogP contribution < -0.4 is 10.1 Å². The Hall–Kier alpha value is -1.55. The maximum absolute atomic E-state index is 12.0. The molecule has 162 valence electrons. The SMILES string of the molecule is CN(C)C(=O)CN=C(NCC1CCOC1)N1CCC(Oc2ccccc2)CC1.I. The molecule has 0 spiro atoms. The Kier molecular flexibility index (Phi) is 9.99. The lowest BCUT2D eigenvalue weighted by molar-refractivity contribution is -0.127. The fourth-order valence-electron chi connectivity index (χ4n) is 3.41. The number of aliphatic imine (C=N–C) groups is 1. The van der Waals surface area contributed by atoms with Crippen LogP contribution in [-0.2, 0) is 9.53 Å². The van der Waals surface area contributed by atoms with Gasteiger partial charge in [0.2, 0.25) is 5.91 Å². The van der Waals surface area contributed by atoms with Gasteiger partial charge in [0.15, 0.2) is 5.96 Å². The van der Waals surface area contributed by atoms with Crippen molar-refractivity contribution in [2.24, 2.45) is 10.9 Å². The van der Waals surface area contributed by atoms with Crippen LogP contribution in [0.25, 0.3) is 0 Å². The van der Waals surface area contributed by atoms with Crippen LogP contribution in [0.5, 0.6) is 5.75 Å². The van der Waals surface area contributed by atoms with Crippen LogP contribution in [0.15, 0.2) is 35.3 Å². The number of guanidine groups is 1. The molecule has 2 aliphatic heterocycles. The summed E-state index contributed by atoms with van der Waals surface area (Å²) in [5.74, 6) is 2.26. The van der Waals surface area contributed by atoms with Gasteiger partial charge in [0.25, 0.3) is 0 Å². The maximum atomic E-state index is 12.0. The van der Waals surface area contributed by atoms with E-state index in [9.17, 15) is 4.79 Å². The quantitative estimate of drug-likeness (QED) is 0.357. The molecule has 0 radical (unpaired) electrons. The third-order valence-corrected chi connectivity index (χ3v) is 5.22. The molecule has 1 aromatic rings. The van der Waals surface area contributed by atoms with Gasteiger partial charge in [0, 0.05) is 59.1 Å². The Morgan fingerprint density at radius 2 is 1.97 bits per heavy atom. The molecule has 0 bridgehead atoms. The lowest BCUT2D eigenvalue weighted by atomic mass is 10.1. The van der Waals surface area contributed by atoms with Gasteiger partial charge in [-0.05, 0) is 18.6 Å². The fourth-order valence-corrected chi connectivity index (χ4v) is 3.41. The average molecular weight is 516 g/mol. The monoisotopic (exact) mass is 516 g/mol. The first-order chi connectivity index (χ1) is 13.6. The standard InChI is InChI=1S/C21H32N4O3.HI/c1-24(2)20(26)15-23-21(22-14-17-10-13-27-16-17)25-11-8-19(9-12-25)28-18-6-4-3-5-7-18;/h3-7,17,19H,8-16H2,1-2H3,(H,22,23);1H. The Morgan fingerprint density at radius 3 is 2.59 bits per heavy atom. The molecular formula is C21H33IN4O3. The number of likely N-dealkylation sites (N-methyl/N-ethyl adjacent to an activating group) is 1. The summed E-state index contributed by atoms with van der Waals surface area (Å²) >= 11 is 0. The van der Waals surface area contributed by atoms with Crippen molar-refractivity contribution >= 4 is 35.8 Å². The number of ether oxygens (including phenoxy) is 2. The number of rotatable bonds is 6. The number of para-hydroxylation sites is 1. The van der Waals surface area contributed by atoms with E-state index in [0.29, 0.717) is 5.92 Å². The molecule has 0 saturated carbocycles. The van der Waals surface area contributed by atoms with Crippen molar-refractivity contribution in [1.29, 1.82) is 0 Å². The summed E-state index contributed by atoms with van der Waals surface area (Å²) in [7, 11) is 3.51. The molecule has 1 unspecified atom stereocenters. The smallest absolute Gasteiger partial charge is 0.243 e. The van der Waals surface area contributed by atoms with E-state index in [1.807, 2.05) is 30.3 Å². The number of hydrogen-bond acceptors (Lipinski definition) is 4. The predicted octanol–water partition coefficient (Wildman–Crippen LogP) is 2.22. The van der Waals surface area contributed by atoms with Gasteiger partial charge < -0.3 is 24.6 Å². The van der Waals surface area contributed by atoms with Gasteiger partial charge >= 0.3 is 0 Å². The Morgan fingerprint density at radius 1 is 1.24 bits per heavy atom. The Bertz CT molecular complexity index is 643. The number of likely N-dealkylation sites (tertiary alicyclic amines) is 1. The number of carbonyl (C=O) groups excluding carboxylic acids is 1. The summed E-state index contributed by atoms with van der Waals surface area (Å²) < 4.78 is 11.6. The molecule has 2 heterocycles. The third kappa shape index (κ3) is 7.65. The molecule has 0 aliphatic carbocycles. The number of nitrogens with one attached hydrogen (secondary N) is 1. The molecule has 1 amide bonds. The van der Waals surface area contributed by atoms with Gasteiger partial charge in [-0.2, -0.15) is 0 Å². The number of carbonyl (C=O) groups is 1. The molecule has 1 aromatic carbocycles. The average Bonchev–Trinajstić information content (AvgIpc) is 3.23. The van der Waals surface area contributed by atoms with E-state index < -0.39 is 0 Å². The van der Waals surface area contributed by atoms with Gasteiger partial charge in [-0.25, -0.2) is 4.99 Å². The summed E-state index contributed by atoms with van der Waals surface area (Å²) in [4.78, 5) is 20.4. The summed E-state index contributed by atoms with van der Waals surface area (Å²) in [6.45, 7) is 4.34. The third-order valence-electron chi connectivity index (χ3n) is 5.22. The lowest BCUT2D eigenvalue weighted by Crippen LogP contribution is -2.49. The van der Waals surface area contributed by atoms with Crippen LogP contribution in [0.4, 0.5) is 0 Å². The summed E-state index contributed by atoms with van der Waals surface area (Å²) in [5, 5.41) is 3.47. The number of nitrogens with zero attached hydrogens (tertiary/aromatic N) is 3. The zero-order chi connectivity index (χ0) is 19.8. The maximum Gasteiger partial charge on any atom is 0.243 e.